The number of rotatable bonds is 1. The fourth-order valence-electron chi connectivity index (χ4n) is 2.48. The molecule has 3 nitrogen and oxygen atoms in total. The zero-order chi connectivity index (χ0) is 12.9. The van der Waals surface area contributed by atoms with E-state index in [1.54, 1.807) is 0 Å². The van der Waals surface area contributed by atoms with Gasteiger partial charge in [0.15, 0.2) is 17.5 Å². The molecule has 1 aromatic heterocycles. The average Bonchev–Trinajstić information content (AvgIpc) is 2.81. The minimum absolute atomic E-state index is 0.0833. The summed E-state index contributed by atoms with van der Waals surface area (Å²) in [5.41, 5.74) is 4.33. The first-order valence-electron chi connectivity index (χ1n) is 5.59. The number of anilines is 1. The Morgan fingerprint density at radius 1 is 1.17 bits per heavy atom. The molecule has 0 fully saturated rings. The lowest BCUT2D eigenvalue weighted by atomic mass is 10.1. The van der Waals surface area contributed by atoms with Crippen LogP contribution in [0.2, 0.25) is 0 Å². The van der Waals surface area contributed by atoms with E-state index in [4.69, 9.17) is 5.84 Å². The maximum absolute atomic E-state index is 13.8. The highest BCUT2D eigenvalue weighted by Crippen LogP contribution is 2.36. The average molecular weight is 253 g/mol. The van der Waals surface area contributed by atoms with Crippen LogP contribution in [-0.4, -0.2) is 4.98 Å². The van der Waals surface area contributed by atoms with Crippen molar-refractivity contribution in [2.45, 2.75) is 19.3 Å². The van der Waals surface area contributed by atoms with Crippen LogP contribution in [0.25, 0.3) is 10.9 Å². The van der Waals surface area contributed by atoms with E-state index in [0.29, 0.717) is 12.1 Å². The second-order valence-electron chi connectivity index (χ2n) is 4.29. The van der Waals surface area contributed by atoms with Crippen LogP contribution in [0.5, 0.6) is 0 Å². The number of nitrogens with one attached hydrogen (secondary N) is 1. The number of hydrazine groups is 1. The Morgan fingerprint density at radius 2 is 1.94 bits per heavy atom. The molecule has 1 aromatic carbocycles. The van der Waals surface area contributed by atoms with Crippen molar-refractivity contribution >= 4 is 16.6 Å². The van der Waals surface area contributed by atoms with Gasteiger partial charge in [0.2, 0.25) is 0 Å². The topological polar surface area (TPSA) is 50.9 Å². The summed E-state index contributed by atoms with van der Waals surface area (Å²) in [4.78, 5) is 4.18. The third-order valence-corrected chi connectivity index (χ3v) is 3.28. The largest absolute Gasteiger partial charge is 0.323 e. The monoisotopic (exact) mass is 253 g/mol. The van der Waals surface area contributed by atoms with Crippen molar-refractivity contribution in [2.75, 3.05) is 5.43 Å². The van der Waals surface area contributed by atoms with Gasteiger partial charge in [0.25, 0.3) is 0 Å². The van der Waals surface area contributed by atoms with Gasteiger partial charge in [-0.1, -0.05) is 0 Å². The van der Waals surface area contributed by atoms with Gasteiger partial charge >= 0.3 is 0 Å². The summed E-state index contributed by atoms with van der Waals surface area (Å²) in [5, 5.41) is -0.0861. The van der Waals surface area contributed by atoms with Gasteiger partial charge in [0, 0.05) is 11.8 Å². The lowest BCUT2D eigenvalue weighted by Gasteiger charge is -2.12. The van der Waals surface area contributed by atoms with E-state index in [1.807, 2.05) is 0 Å². The summed E-state index contributed by atoms with van der Waals surface area (Å²) in [7, 11) is 0. The fourth-order valence-corrected chi connectivity index (χ4v) is 2.48. The van der Waals surface area contributed by atoms with Gasteiger partial charge in [0.05, 0.1) is 16.6 Å². The highest BCUT2D eigenvalue weighted by molar-refractivity contribution is 5.94. The number of nitrogen functional groups attached to an aromatic ring is 1. The van der Waals surface area contributed by atoms with Crippen LogP contribution in [0, 0.1) is 17.5 Å². The molecule has 18 heavy (non-hydrogen) atoms. The molecule has 0 aliphatic heterocycles. The van der Waals surface area contributed by atoms with Gasteiger partial charge < -0.3 is 5.43 Å². The first-order chi connectivity index (χ1) is 8.63. The van der Waals surface area contributed by atoms with Crippen LogP contribution in [-0.2, 0) is 12.8 Å². The van der Waals surface area contributed by atoms with E-state index in [-0.39, 0.29) is 10.9 Å². The first-order valence-corrected chi connectivity index (χ1v) is 5.59. The summed E-state index contributed by atoms with van der Waals surface area (Å²) in [5.74, 6) is 1.39. The minimum atomic E-state index is -1.50. The Kier molecular flexibility index (Phi) is 2.41. The van der Waals surface area contributed by atoms with Crippen molar-refractivity contribution in [3.63, 3.8) is 0 Å². The van der Waals surface area contributed by atoms with E-state index in [2.05, 4.69) is 10.4 Å². The van der Waals surface area contributed by atoms with Gasteiger partial charge in [-0.15, -0.1) is 0 Å². The van der Waals surface area contributed by atoms with Crippen molar-refractivity contribution in [3.05, 3.63) is 34.8 Å². The first kappa shape index (κ1) is 11.3. The van der Waals surface area contributed by atoms with Gasteiger partial charge in [-0.2, -0.15) is 0 Å². The maximum Gasteiger partial charge on any atom is 0.195 e. The molecule has 6 heteroatoms. The molecule has 0 saturated heterocycles. The van der Waals surface area contributed by atoms with Crippen LogP contribution in [0.4, 0.5) is 18.9 Å². The third kappa shape index (κ3) is 1.38. The second-order valence-corrected chi connectivity index (χ2v) is 4.29. The molecule has 0 spiro atoms. The molecule has 0 saturated carbocycles. The van der Waals surface area contributed by atoms with Crippen molar-refractivity contribution < 1.29 is 13.2 Å². The van der Waals surface area contributed by atoms with E-state index in [1.165, 1.54) is 0 Å². The van der Waals surface area contributed by atoms with E-state index in [9.17, 15) is 13.2 Å². The van der Waals surface area contributed by atoms with Gasteiger partial charge in [-0.25, -0.2) is 13.2 Å². The molecule has 0 unspecified atom stereocenters. The molecule has 1 aliphatic carbocycles. The highest BCUT2D eigenvalue weighted by atomic mass is 19.2. The number of aryl methyl sites for hydroxylation is 1. The van der Waals surface area contributed by atoms with Gasteiger partial charge in [-0.05, 0) is 24.8 Å². The molecule has 3 rings (SSSR count). The SMILES string of the molecule is NNc1c2c(nc3cc(F)c(F)c(F)c13)CCC2. The molecular weight excluding hydrogens is 243 g/mol. The van der Waals surface area contributed by atoms with Crippen LogP contribution in [0.3, 0.4) is 0 Å². The predicted octanol–water partition coefficient (Wildman–Crippen LogP) is 2.43. The maximum atomic E-state index is 13.8. The molecule has 0 amide bonds. The van der Waals surface area contributed by atoms with E-state index < -0.39 is 17.5 Å². The molecule has 1 aliphatic rings. The number of fused-ring (bicyclic) bond motifs is 2. The molecule has 0 bridgehead atoms. The molecule has 0 atom stereocenters. The second kappa shape index (κ2) is 3.84. The number of benzene rings is 1. The summed E-state index contributed by atoms with van der Waals surface area (Å²) >= 11 is 0. The molecule has 94 valence electrons. The Hall–Kier alpha value is -1.82. The summed E-state index contributed by atoms with van der Waals surface area (Å²) < 4.78 is 40.3. The van der Waals surface area contributed by atoms with Crippen LogP contribution < -0.4 is 11.3 Å². The van der Waals surface area contributed by atoms with E-state index in [0.717, 1.165) is 30.2 Å². The number of aromatic nitrogens is 1. The van der Waals surface area contributed by atoms with Crippen molar-refractivity contribution in [1.29, 1.82) is 0 Å². The van der Waals surface area contributed by atoms with Crippen LogP contribution >= 0.6 is 0 Å². The quantitative estimate of drug-likeness (QED) is 0.466. The zero-order valence-corrected chi connectivity index (χ0v) is 9.36. The minimum Gasteiger partial charge on any atom is -0.323 e. The number of hydrogen-bond donors (Lipinski definition) is 2. The summed E-state index contributed by atoms with van der Waals surface area (Å²) in [6.45, 7) is 0. The fraction of sp³-hybridized carbons (Fsp3) is 0.250. The zero-order valence-electron chi connectivity index (χ0n) is 9.36. The Morgan fingerprint density at radius 3 is 2.67 bits per heavy atom. The lowest BCUT2D eigenvalue weighted by molar-refractivity contribution is 0.453. The number of hydrogen-bond acceptors (Lipinski definition) is 3. The standard InChI is InChI=1S/C12H10F3N3/c13-6-4-8-9(11(15)10(6)14)12(18-16)5-2-1-3-7(5)17-8/h4H,1-3,16H2,(H,17,18). The lowest BCUT2D eigenvalue weighted by Crippen LogP contribution is -2.12. The Labute approximate surface area is 101 Å². The smallest absolute Gasteiger partial charge is 0.195 e. The normalized spacial score (nSPS) is 14.0. The summed E-state index contributed by atoms with van der Waals surface area (Å²) in [6.07, 6.45) is 2.32. The Balaban J connectivity index is 2.48. The van der Waals surface area contributed by atoms with Gasteiger partial charge in [0.1, 0.15) is 0 Å². The highest BCUT2D eigenvalue weighted by Gasteiger charge is 2.24. The number of nitrogens with zero attached hydrogens (tertiary/aromatic N) is 1. The van der Waals surface area contributed by atoms with Crippen molar-refractivity contribution in [3.8, 4) is 0 Å². The van der Waals surface area contributed by atoms with Crippen molar-refractivity contribution in [1.82, 2.24) is 4.98 Å². The molecular formula is C12H10F3N3. The summed E-state index contributed by atoms with van der Waals surface area (Å²) in [6, 6.07) is 0.896. The molecule has 3 N–H and O–H groups in total. The van der Waals surface area contributed by atoms with E-state index >= 15 is 0 Å². The molecule has 1 heterocycles. The number of halogens is 3. The Bertz CT molecular complexity index is 655. The molecule has 0 radical (unpaired) electrons. The van der Waals surface area contributed by atoms with Crippen molar-refractivity contribution in [2.24, 2.45) is 5.84 Å². The number of pyridine rings is 1. The van der Waals surface area contributed by atoms with Crippen LogP contribution in [0.15, 0.2) is 6.07 Å². The van der Waals surface area contributed by atoms with Crippen LogP contribution in [0.1, 0.15) is 17.7 Å². The predicted molar refractivity (Wildman–Crippen MR) is 61.5 cm³/mol. The number of nitrogens with two attached hydrogens (primary N) is 1. The third-order valence-electron chi connectivity index (χ3n) is 3.28. The van der Waals surface area contributed by atoms with Gasteiger partial charge in [-0.3, -0.25) is 10.8 Å². The molecule has 2 aromatic rings.